The van der Waals surface area contributed by atoms with Gasteiger partial charge in [-0.1, -0.05) is 17.3 Å². The fraction of sp³-hybridized carbons (Fsp3) is 0.222. The van der Waals surface area contributed by atoms with E-state index < -0.39 is 33.6 Å². The number of nitrogens with one attached hydrogen (secondary N) is 1. The summed E-state index contributed by atoms with van der Waals surface area (Å²) in [6, 6.07) is 6.76. The largest absolute Gasteiger partial charge is 0.338 e. The summed E-state index contributed by atoms with van der Waals surface area (Å²) in [5.41, 5.74) is -0.495. The summed E-state index contributed by atoms with van der Waals surface area (Å²) in [5.74, 6) is -2.37. The lowest BCUT2D eigenvalue weighted by molar-refractivity contribution is -0.119. The number of amides is 1. The maximum atomic E-state index is 13.9. The Bertz CT molecular complexity index is 1130. The van der Waals surface area contributed by atoms with Crippen molar-refractivity contribution in [3.05, 3.63) is 53.4 Å². The van der Waals surface area contributed by atoms with Crippen molar-refractivity contribution < 1.29 is 26.5 Å². The molecule has 1 amide bonds. The Morgan fingerprint density at radius 1 is 1.24 bits per heavy atom. The first-order valence-electron chi connectivity index (χ1n) is 8.65. The van der Waals surface area contributed by atoms with Crippen LogP contribution in [0, 0.1) is 11.6 Å². The molecular weight excluding hydrogens is 424 g/mol. The summed E-state index contributed by atoms with van der Waals surface area (Å²) in [7, 11) is -3.79. The molecule has 0 aliphatic carbocycles. The van der Waals surface area contributed by atoms with Crippen LogP contribution in [0.15, 0.2) is 50.5 Å². The van der Waals surface area contributed by atoms with Crippen LogP contribution in [0.25, 0.3) is 11.3 Å². The van der Waals surface area contributed by atoms with Crippen LogP contribution < -0.4 is 5.32 Å². The summed E-state index contributed by atoms with van der Waals surface area (Å²) in [6.45, 7) is 0.223. The molecule has 152 valence electrons. The van der Waals surface area contributed by atoms with Gasteiger partial charge in [-0.2, -0.15) is 4.31 Å². The molecular formula is C18H15F2N3O4S2. The number of hydrogen-bond donors (Lipinski definition) is 1. The standard InChI is InChI=1S/C18H15F2N3O4S2/c19-11-4-1-5-12(20)17(11)13-10-15(27-22-13)21-18(24)14-6-2-8-23(14)29(25,26)16-7-3-9-28-16/h1,3-5,7,9-10,14H,2,6,8H2,(H,21,24)/t14-/m0/s1. The van der Waals surface area contributed by atoms with E-state index in [-0.39, 0.29) is 27.9 Å². The zero-order valence-electron chi connectivity index (χ0n) is 14.8. The Balaban J connectivity index is 1.53. The molecule has 1 N–H and O–H groups in total. The molecule has 1 aromatic carbocycles. The molecule has 0 bridgehead atoms. The average molecular weight is 439 g/mol. The number of hydrogen-bond acceptors (Lipinski definition) is 6. The lowest BCUT2D eigenvalue weighted by Gasteiger charge is -2.22. The number of thiophene rings is 1. The minimum absolute atomic E-state index is 0.120. The van der Waals surface area contributed by atoms with Crippen molar-refractivity contribution >= 4 is 33.2 Å². The quantitative estimate of drug-likeness (QED) is 0.657. The Labute approximate surface area is 169 Å². The van der Waals surface area contributed by atoms with Gasteiger partial charge in [0.05, 0.1) is 5.56 Å². The highest BCUT2D eigenvalue weighted by atomic mass is 32.2. The summed E-state index contributed by atoms with van der Waals surface area (Å²) in [5, 5.41) is 7.69. The van der Waals surface area contributed by atoms with E-state index >= 15 is 0 Å². The fourth-order valence-corrected chi connectivity index (χ4v) is 5.99. The number of carbonyl (C=O) groups is 1. The first-order valence-corrected chi connectivity index (χ1v) is 11.0. The number of sulfonamides is 1. The van der Waals surface area contributed by atoms with E-state index in [4.69, 9.17) is 4.52 Å². The van der Waals surface area contributed by atoms with E-state index in [9.17, 15) is 22.0 Å². The molecule has 1 fully saturated rings. The maximum Gasteiger partial charge on any atom is 0.253 e. The van der Waals surface area contributed by atoms with E-state index in [0.717, 1.165) is 27.8 Å². The summed E-state index contributed by atoms with van der Waals surface area (Å²) >= 11 is 1.08. The Hall–Kier alpha value is -2.63. The van der Waals surface area contributed by atoms with Gasteiger partial charge in [0.15, 0.2) is 0 Å². The second kappa shape index (κ2) is 7.65. The second-order valence-electron chi connectivity index (χ2n) is 6.37. The van der Waals surface area contributed by atoms with Crippen molar-refractivity contribution in [3.63, 3.8) is 0 Å². The lowest BCUT2D eigenvalue weighted by atomic mass is 10.1. The zero-order valence-corrected chi connectivity index (χ0v) is 16.5. The summed E-state index contributed by atoms with van der Waals surface area (Å²) < 4.78 is 59.6. The smallest absolute Gasteiger partial charge is 0.253 e. The molecule has 7 nitrogen and oxygen atoms in total. The van der Waals surface area contributed by atoms with Crippen LogP contribution in [0.2, 0.25) is 0 Å². The lowest BCUT2D eigenvalue weighted by Crippen LogP contribution is -2.42. The van der Waals surface area contributed by atoms with Gasteiger partial charge in [-0.25, -0.2) is 17.2 Å². The monoisotopic (exact) mass is 439 g/mol. The van der Waals surface area contributed by atoms with Crippen LogP contribution >= 0.6 is 11.3 Å². The van der Waals surface area contributed by atoms with Crippen molar-refractivity contribution in [2.75, 3.05) is 11.9 Å². The minimum Gasteiger partial charge on any atom is -0.338 e. The van der Waals surface area contributed by atoms with Crippen LogP contribution in [0.3, 0.4) is 0 Å². The van der Waals surface area contributed by atoms with E-state index in [1.807, 2.05) is 0 Å². The van der Waals surface area contributed by atoms with Crippen LogP contribution in [0.4, 0.5) is 14.7 Å². The van der Waals surface area contributed by atoms with Crippen molar-refractivity contribution in [2.45, 2.75) is 23.1 Å². The molecule has 3 aromatic rings. The number of halogens is 2. The molecule has 11 heteroatoms. The molecule has 0 radical (unpaired) electrons. The molecule has 0 saturated carbocycles. The molecule has 0 unspecified atom stereocenters. The molecule has 1 aliphatic rings. The van der Waals surface area contributed by atoms with Gasteiger partial charge in [-0.15, -0.1) is 11.3 Å². The van der Waals surface area contributed by atoms with Crippen LogP contribution in [0.1, 0.15) is 12.8 Å². The minimum atomic E-state index is -3.79. The van der Waals surface area contributed by atoms with Gasteiger partial charge in [0.1, 0.15) is 27.6 Å². The van der Waals surface area contributed by atoms with Crippen molar-refractivity contribution in [3.8, 4) is 11.3 Å². The highest BCUT2D eigenvalue weighted by molar-refractivity contribution is 7.91. The van der Waals surface area contributed by atoms with Crippen molar-refractivity contribution in [2.24, 2.45) is 0 Å². The zero-order chi connectivity index (χ0) is 20.6. The van der Waals surface area contributed by atoms with E-state index in [0.29, 0.717) is 12.8 Å². The number of benzene rings is 1. The van der Waals surface area contributed by atoms with E-state index in [1.165, 1.54) is 18.2 Å². The maximum absolute atomic E-state index is 13.9. The number of anilines is 1. The molecule has 3 heterocycles. The molecule has 1 saturated heterocycles. The number of aromatic nitrogens is 1. The van der Waals surface area contributed by atoms with Gasteiger partial charge >= 0.3 is 0 Å². The van der Waals surface area contributed by atoms with Crippen molar-refractivity contribution in [1.29, 1.82) is 0 Å². The molecule has 0 spiro atoms. The summed E-state index contributed by atoms with van der Waals surface area (Å²) in [6.07, 6.45) is 0.879. The van der Waals surface area contributed by atoms with E-state index in [2.05, 4.69) is 10.5 Å². The summed E-state index contributed by atoms with van der Waals surface area (Å²) in [4.78, 5) is 12.7. The third kappa shape index (κ3) is 3.68. The fourth-order valence-electron chi connectivity index (χ4n) is 3.21. The Morgan fingerprint density at radius 3 is 2.69 bits per heavy atom. The van der Waals surface area contributed by atoms with Gasteiger partial charge in [0.25, 0.3) is 10.0 Å². The van der Waals surface area contributed by atoms with Gasteiger partial charge in [-0.05, 0) is 36.4 Å². The first kappa shape index (κ1) is 19.7. The predicted octanol–water partition coefficient (Wildman–Crippen LogP) is 3.47. The Kier molecular flexibility index (Phi) is 5.19. The highest BCUT2D eigenvalue weighted by Gasteiger charge is 2.40. The number of rotatable bonds is 5. The van der Waals surface area contributed by atoms with Crippen molar-refractivity contribution in [1.82, 2.24) is 9.46 Å². The average Bonchev–Trinajstić information content (AvgIpc) is 3.43. The number of carbonyl (C=O) groups excluding carboxylic acids is 1. The first-order chi connectivity index (χ1) is 13.9. The van der Waals surface area contributed by atoms with Gasteiger partial charge in [0, 0.05) is 12.6 Å². The third-order valence-electron chi connectivity index (χ3n) is 4.54. The van der Waals surface area contributed by atoms with Crippen LogP contribution in [-0.2, 0) is 14.8 Å². The Morgan fingerprint density at radius 2 is 2.00 bits per heavy atom. The van der Waals surface area contributed by atoms with Crippen LogP contribution in [-0.4, -0.2) is 36.4 Å². The van der Waals surface area contributed by atoms with Crippen LogP contribution in [0.5, 0.6) is 0 Å². The third-order valence-corrected chi connectivity index (χ3v) is 7.82. The number of nitrogens with zero attached hydrogens (tertiary/aromatic N) is 2. The SMILES string of the molecule is O=C(Nc1cc(-c2c(F)cccc2F)no1)[C@@H]1CCCN1S(=O)(=O)c1cccs1. The van der Waals surface area contributed by atoms with Gasteiger partial charge in [0.2, 0.25) is 11.8 Å². The predicted molar refractivity (Wildman–Crippen MR) is 102 cm³/mol. The molecule has 1 aliphatic heterocycles. The second-order valence-corrected chi connectivity index (χ2v) is 9.43. The topological polar surface area (TPSA) is 92.5 Å². The normalized spacial score (nSPS) is 17.5. The van der Waals surface area contributed by atoms with Gasteiger partial charge < -0.3 is 4.52 Å². The molecule has 1 atom stereocenters. The molecule has 4 rings (SSSR count). The molecule has 2 aromatic heterocycles. The highest BCUT2D eigenvalue weighted by Crippen LogP contribution is 2.30. The van der Waals surface area contributed by atoms with Gasteiger partial charge in [-0.3, -0.25) is 10.1 Å². The molecule has 29 heavy (non-hydrogen) atoms. The van der Waals surface area contributed by atoms with E-state index in [1.54, 1.807) is 11.4 Å².